The van der Waals surface area contributed by atoms with Crippen LogP contribution in [0.25, 0.3) is 0 Å². The minimum Gasteiger partial charge on any atom is -0.477 e. The molecule has 1 aliphatic heterocycles. The number of aromatic nitrogens is 1. The predicted octanol–water partition coefficient (Wildman–Crippen LogP) is -0.256. The number of carboxylic acids is 1. The van der Waals surface area contributed by atoms with Gasteiger partial charge in [-0.25, -0.2) is 13.2 Å². The number of morpholine rings is 1. The quantitative estimate of drug-likeness (QED) is 0.820. The van der Waals surface area contributed by atoms with Gasteiger partial charge in [0.15, 0.2) is 0 Å². The molecule has 0 spiro atoms. The molecule has 0 aliphatic carbocycles. The maximum atomic E-state index is 12.2. The number of carboxylic acid groups (broad SMARTS) is 1. The van der Waals surface area contributed by atoms with E-state index in [-0.39, 0.29) is 10.6 Å². The van der Waals surface area contributed by atoms with Gasteiger partial charge in [-0.05, 0) is 6.07 Å². The zero-order valence-electron chi connectivity index (χ0n) is 9.87. The molecule has 1 aliphatic rings. The third-order valence-corrected chi connectivity index (χ3v) is 4.67. The molecule has 0 aromatic carbocycles. The van der Waals surface area contributed by atoms with Crippen LogP contribution in [0.1, 0.15) is 10.5 Å². The first-order chi connectivity index (χ1) is 8.43. The molecule has 18 heavy (non-hydrogen) atoms. The van der Waals surface area contributed by atoms with Crippen molar-refractivity contribution >= 4 is 16.0 Å². The van der Waals surface area contributed by atoms with Gasteiger partial charge in [-0.3, -0.25) is 0 Å². The van der Waals surface area contributed by atoms with Crippen LogP contribution in [-0.2, 0) is 21.8 Å². The predicted molar refractivity (Wildman–Crippen MR) is 62.0 cm³/mol. The van der Waals surface area contributed by atoms with Gasteiger partial charge in [-0.15, -0.1) is 0 Å². The number of nitrogens with zero attached hydrogens (tertiary/aromatic N) is 2. The van der Waals surface area contributed by atoms with Crippen LogP contribution in [-0.4, -0.2) is 54.7 Å². The molecule has 0 bridgehead atoms. The highest BCUT2D eigenvalue weighted by atomic mass is 32.2. The number of hydrogen-bond acceptors (Lipinski definition) is 4. The van der Waals surface area contributed by atoms with E-state index in [1.807, 2.05) is 0 Å². The van der Waals surface area contributed by atoms with Crippen LogP contribution in [0.15, 0.2) is 17.2 Å². The molecule has 8 heteroatoms. The van der Waals surface area contributed by atoms with Crippen molar-refractivity contribution in [2.45, 2.75) is 4.90 Å². The van der Waals surface area contributed by atoms with E-state index in [1.54, 1.807) is 0 Å². The lowest BCUT2D eigenvalue weighted by atomic mass is 10.4. The van der Waals surface area contributed by atoms with E-state index in [4.69, 9.17) is 9.84 Å². The van der Waals surface area contributed by atoms with Gasteiger partial charge in [0.05, 0.1) is 13.2 Å². The Labute approximate surface area is 105 Å². The summed E-state index contributed by atoms with van der Waals surface area (Å²) < 4.78 is 32.2. The number of hydrogen-bond donors (Lipinski definition) is 1. The first-order valence-corrected chi connectivity index (χ1v) is 6.84. The van der Waals surface area contributed by atoms with E-state index >= 15 is 0 Å². The van der Waals surface area contributed by atoms with Crippen LogP contribution in [0.4, 0.5) is 0 Å². The Kier molecular flexibility index (Phi) is 3.42. The maximum absolute atomic E-state index is 12.2. The van der Waals surface area contributed by atoms with Crippen molar-refractivity contribution in [3.05, 3.63) is 18.0 Å². The molecule has 1 N–H and O–H groups in total. The monoisotopic (exact) mass is 274 g/mol. The number of aromatic carboxylic acids is 1. The number of carbonyl (C=O) groups is 1. The molecule has 1 saturated heterocycles. The lowest BCUT2D eigenvalue weighted by molar-refractivity contribution is 0.0686. The Balaban J connectivity index is 2.35. The number of rotatable bonds is 3. The van der Waals surface area contributed by atoms with E-state index in [0.717, 1.165) is 0 Å². The number of ether oxygens (including phenoxy) is 1. The van der Waals surface area contributed by atoms with Gasteiger partial charge in [-0.1, -0.05) is 0 Å². The van der Waals surface area contributed by atoms with Gasteiger partial charge in [0.1, 0.15) is 10.6 Å². The Morgan fingerprint density at radius 1 is 1.39 bits per heavy atom. The van der Waals surface area contributed by atoms with E-state index < -0.39 is 16.0 Å². The minimum atomic E-state index is -3.63. The topological polar surface area (TPSA) is 88.8 Å². The molecule has 2 heterocycles. The summed E-state index contributed by atoms with van der Waals surface area (Å²) >= 11 is 0. The second kappa shape index (κ2) is 4.71. The van der Waals surface area contributed by atoms with E-state index in [2.05, 4.69) is 0 Å². The highest BCUT2D eigenvalue weighted by molar-refractivity contribution is 7.89. The Hall–Kier alpha value is -1.38. The molecule has 1 aromatic heterocycles. The summed E-state index contributed by atoms with van der Waals surface area (Å²) in [5.74, 6) is -1.15. The summed E-state index contributed by atoms with van der Waals surface area (Å²) in [6.07, 6.45) is 1.31. The number of aryl methyl sites for hydroxylation is 1. The van der Waals surface area contributed by atoms with Crippen molar-refractivity contribution in [2.75, 3.05) is 26.3 Å². The molecule has 1 fully saturated rings. The molecule has 7 nitrogen and oxygen atoms in total. The molecule has 1 aromatic rings. The van der Waals surface area contributed by atoms with Crippen LogP contribution < -0.4 is 0 Å². The largest absolute Gasteiger partial charge is 0.477 e. The van der Waals surface area contributed by atoms with Crippen molar-refractivity contribution in [3.63, 3.8) is 0 Å². The molecule has 0 amide bonds. The fourth-order valence-electron chi connectivity index (χ4n) is 1.82. The molecule has 0 radical (unpaired) electrons. The highest BCUT2D eigenvalue weighted by Crippen LogP contribution is 2.19. The van der Waals surface area contributed by atoms with Crippen molar-refractivity contribution in [3.8, 4) is 0 Å². The highest BCUT2D eigenvalue weighted by Gasteiger charge is 2.28. The van der Waals surface area contributed by atoms with Crippen LogP contribution in [0.3, 0.4) is 0 Å². The summed E-state index contributed by atoms with van der Waals surface area (Å²) in [6, 6.07) is 1.17. The summed E-state index contributed by atoms with van der Waals surface area (Å²) in [5.41, 5.74) is -0.0539. The van der Waals surface area contributed by atoms with Crippen molar-refractivity contribution in [1.82, 2.24) is 8.87 Å². The molecular weight excluding hydrogens is 260 g/mol. The number of sulfonamides is 1. The second-order valence-electron chi connectivity index (χ2n) is 3.99. The molecule has 0 atom stereocenters. The fourth-order valence-corrected chi connectivity index (χ4v) is 3.30. The van der Waals surface area contributed by atoms with Crippen LogP contribution in [0.5, 0.6) is 0 Å². The first kappa shape index (κ1) is 13.1. The lowest BCUT2D eigenvalue weighted by Gasteiger charge is -2.25. The second-order valence-corrected chi connectivity index (χ2v) is 5.93. The normalized spacial score (nSPS) is 17.8. The van der Waals surface area contributed by atoms with Crippen molar-refractivity contribution in [2.24, 2.45) is 7.05 Å². The SMILES string of the molecule is Cn1cc(S(=O)(=O)N2CCOCC2)cc1C(=O)O. The molecule has 2 rings (SSSR count). The van der Waals surface area contributed by atoms with E-state index in [1.165, 1.54) is 28.2 Å². The standard InChI is InChI=1S/C10H14N2O5S/c1-11-7-8(6-9(11)10(13)14)18(15,16)12-2-4-17-5-3-12/h6-7H,2-5H2,1H3,(H,13,14). The smallest absolute Gasteiger partial charge is 0.352 e. The molecular formula is C10H14N2O5S. The van der Waals surface area contributed by atoms with E-state index in [9.17, 15) is 13.2 Å². The third-order valence-electron chi connectivity index (χ3n) is 2.81. The molecule has 100 valence electrons. The first-order valence-electron chi connectivity index (χ1n) is 5.40. The summed E-state index contributed by atoms with van der Waals surface area (Å²) in [4.78, 5) is 10.9. The van der Waals surface area contributed by atoms with Crippen LogP contribution in [0.2, 0.25) is 0 Å². The summed E-state index contributed by atoms with van der Waals surface area (Å²) in [5, 5.41) is 8.91. The van der Waals surface area contributed by atoms with Crippen LogP contribution in [0, 0.1) is 0 Å². The Morgan fingerprint density at radius 3 is 2.50 bits per heavy atom. The van der Waals surface area contributed by atoms with Gasteiger partial charge in [0.25, 0.3) is 0 Å². The third kappa shape index (κ3) is 2.26. The van der Waals surface area contributed by atoms with E-state index in [0.29, 0.717) is 26.3 Å². The zero-order valence-corrected chi connectivity index (χ0v) is 10.7. The summed E-state index contributed by atoms with van der Waals surface area (Å²) in [6.45, 7) is 1.30. The molecule has 0 unspecified atom stereocenters. The average molecular weight is 274 g/mol. The maximum Gasteiger partial charge on any atom is 0.352 e. The van der Waals surface area contributed by atoms with Gasteiger partial charge < -0.3 is 14.4 Å². The van der Waals surface area contributed by atoms with Gasteiger partial charge >= 0.3 is 5.97 Å². The van der Waals surface area contributed by atoms with Gasteiger partial charge in [-0.2, -0.15) is 4.31 Å². The average Bonchev–Trinajstić information content (AvgIpc) is 2.73. The van der Waals surface area contributed by atoms with Crippen molar-refractivity contribution < 1.29 is 23.1 Å². The minimum absolute atomic E-state index is 0.00398. The summed E-state index contributed by atoms with van der Waals surface area (Å²) in [7, 11) is -2.13. The Morgan fingerprint density at radius 2 is 2.00 bits per heavy atom. The Bertz CT molecular complexity index is 557. The van der Waals surface area contributed by atoms with Gasteiger partial charge in [0, 0.05) is 26.3 Å². The zero-order chi connectivity index (χ0) is 13.3. The van der Waals surface area contributed by atoms with Crippen LogP contribution >= 0.6 is 0 Å². The van der Waals surface area contributed by atoms with Crippen molar-refractivity contribution in [1.29, 1.82) is 0 Å². The fraction of sp³-hybridized carbons (Fsp3) is 0.500. The van der Waals surface area contributed by atoms with Gasteiger partial charge in [0.2, 0.25) is 10.0 Å². The molecule has 0 saturated carbocycles. The lowest BCUT2D eigenvalue weighted by Crippen LogP contribution is -2.40.